The third kappa shape index (κ3) is 4.60. The minimum absolute atomic E-state index is 0. The van der Waals surface area contributed by atoms with Crippen molar-refractivity contribution in [2.45, 2.75) is 19.4 Å². The van der Waals surface area contributed by atoms with Gasteiger partial charge in [-0.15, -0.1) is 12.4 Å². The minimum Gasteiger partial charge on any atom is -0.381 e. The molecule has 1 aliphatic heterocycles. The number of hydrogen-bond acceptors (Lipinski definition) is 3. The lowest BCUT2D eigenvalue weighted by molar-refractivity contribution is -0.136. The molecule has 0 radical (unpaired) electrons. The largest absolute Gasteiger partial charge is 0.381 e. The van der Waals surface area contributed by atoms with E-state index in [1.807, 2.05) is 18.2 Å². The second-order valence-electron chi connectivity index (χ2n) is 6.34. The SMILES string of the molecule is Cl.NCC1(C(=O)NCc2ccc(-c3ccccc3)cc2)CCOCC1. The second kappa shape index (κ2) is 8.99. The molecule has 1 amide bonds. The van der Waals surface area contributed by atoms with Gasteiger partial charge in [0.25, 0.3) is 0 Å². The fourth-order valence-corrected chi connectivity index (χ4v) is 3.10. The summed E-state index contributed by atoms with van der Waals surface area (Å²) in [4.78, 5) is 12.6. The summed E-state index contributed by atoms with van der Waals surface area (Å²) < 4.78 is 5.36. The number of carbonyl (C=O) groups is 1. The summed E-state index contributed by atoms with van der Waals surface area (Å²) in [6.07, 6.45) is 1.39. The van der Waals surface area contributed by atoms with Crippen LogP contribution in [-0.2, 0) is 16.1 Å². The Morgan fingerprint density at radius 1 is 1.00 bits per heavy atom. The quantitative estimate of drug-likeness (QED) is 0.860. The molecule has 0 unspecified atom stereocenters. The molecule has 2 aromatic carbocycles. The number of ether oxygens (including phenoxy) is 1. The lowest BCUT2D eigenvalue weighted by Crippen LogP contribution is -2.48. The van der Waals surface area contributed by atoms with E-state index in [4.69, 9.17) is 10.5 Å². The number of amides is 1. The molecule has 3 N–H and O–H groups in total. The Labute approximate surface area is 155 Å². The Hall–Kier alpha value is -1.88. The molecule has 134 valence electrons. The van der Waals surface area contributed by atoms with E-state index < -0.39 is 5.41 Å². The van der Waals surface area contributed by atoms with Crippen LogP contribution in [0, 0.1) is 5.41 Å². The van der Waals surface area contributed by atoms with E-state index >= 15 is 0 Å². The number of benzene rings is 2. The molecular formula is C20H25ClN2O2. The van der Waals surface area contributed by atoms with Gasteiger partial charge in [0, 0.05) is 26.3 Å². The Morgan fingerprint density at radius 3 is 2.20 bits per heavy atom. The summed E-state index contributed by atoms with van der Waals surface area (Å²) in [7, 11) is 0. The normalized spacial score (nSPS) is 15.9. The molecule has 1 saturated heterocycles. The summed E-state index contributed by atoms with van der Waals surface area (Å²) in [5.74, 6) is 0.0421. The van der Waals surface area contributed by atoms with E-state index in [1.54, 1.807) is 0 Å². The number of hydrogen-bond donors (Lipinski definition) is 2. The molecule has 0 spiro atoms. The Morgan fingerprint density at radius 2 is 1.60 bits per heavy atom. The van der Waals surface area contributed by atoms with Crippen molar-refractivity contribution in [3.8, 4) is 11.1 Å². The standard InChI is InChI=1S/C20H24N2O2.ClH/c21-15-20(10-12-24-13-11-20)19(23)22-14-16-6-8-18(9-7-16)17-4-2-1-3-5-17;/h1-9H,10-15,21H2,(H,22,23);1H. The molecule has 5 heteroatoms. The van der Waals surface area contributed by atoms with Crippen molar-refractivity contribution in [3.05, 3.63) is 60.2 Å². The molecule has 0 aromatic heterocycles. The summed E-state index contributed by atoms with van der Waals surface area (Å²) in [6, 6.07) is 18.5. The highest BCUT2D eigenvalue weighted by Crippen LogP contribution is 2.29. The molecular weight excluding hydrogens is 336 g/mol. The molecule has 4 nitrogen and oxygen atoms in total. The number of halogens is 1. The predicted octanol–water partition coefficient (Wildman–Crippen LogP) is 3.15. The van der Waals surface area contributed by atoms with Gasteiger partial charge in [0.15, 0.2) is 0 Å². The summed E-state index contributed by atoms with van der Waals surface area (Å²) in [5.41, 5.74) is 8.86. The average Bonchev–Trinajstić information content (AvgIpc) is 2.67. The topological polar surface area (TPSA) is 64.4 Å². The van der Waals surface area contributed by atoms with Crippen LogP contribution in [0.2, 0.25) is 0 Å². The van der Waals surface area contributed by atoms with E-state index in [2.05, 4.69) is 41.7 Å². The van der Waals surface area contributed by atoms with E-state index in [1.165, 1.54) is 11.1 Å². The van der Waals surface area contributed by atoms with Gasteiger partial charge in [-0.1, -0.05) is 54.6 Å². The molecule has 1 aliphatic rings. The van der Waals surface area contributed by atoms with Crippen LogP contribution in [0.15, 0.2) is 54.6 Å². The smallest absolute Gasteiger partial charge is 0.227 e. The molecule has 3 rings (SSSR count). The summed E-state index contributed by atoms with van der Waals surface area (Å²) >= 11 is 0. The highest BCUT2D eigenvalue weighted by molar-refractivity contribution is 5.85. The molecule has 0 saturated carbocycles. The van der Waals surface area contributed by atoms with Gasteiger partial charge in [-0.25, -0.2) is 0 Å². The van der Waals surface area contributed by atoms with Crippen LogP contribution in [-0.4, -0.2) is 25.7 Å². The van der Waals surface area contributed by atoms with Crippen LogP contribution in [0.4, 0.5) is 0 Å². The molecule has 2 aromatic rings. The van der Waals surface area contributed by atoms with Crippen molar-refractivity contribution in [2.75, 3.05) is 19.8 Å². The lowest BCUT2D eigenvalue weighted by Gasteiger charge is -2.34. The first kappa shape index (κ1) is 19.4. The third-order valence-corrected chi connectivity index (χ3v) is 4.84. The van der Waals surface area contributed by atoms with E-state index in [0.29, 0.717) is 39.1 Å². The van der Waals surface area contributed by atoms with Crippen LogP contribution in [0.5, 0.6) is 0 Å². The fourth-order valence-electron chi connectivity index (χ4n) is 3.10. The average molecular weight is 361 g/mol. The van der Waals surface area contributed by atoms with E-state index in [9.17, 15) is 4.79 Å². The first-order chi connectivity index (χ1) is 11.7. The molecule has 0 atom stereocenters. The summed E-state index contributed by atoms with van der Waals surface area (Å²) in [5, 5.41) is 3.05. The second-order valence-corrected chi connectivity index (χ2v) is 6.34. The van der Waals surface area contributed by atoms with Crippen LogP contribution in [0.1, 0.15) is 18.4 Å². The van der Waals surface area contributed by atoms with Crippen molar-refractivity contribution >= 4 is 18.3 Å². The molecule has 0 aliphatic carbocycles. The van der Waals surface area contributed by atoms with Gasteiger partial charge >= 0.3 is 0 Å². The van der Waals surface area contributed by atoms with Gasteiger partial charge in [0.2, 0.25) is 5.91 Å². The zero-order valence-electron chi connectivity index (χ0n) is 14.2. The first-order valence-corrected chi connectivity index (χ1v) is 8.44. The predicted molar refractivity (Wildman–Crippen MR) is 103 cm³/mol. The van der Waals surface area contributed by atoms with Crippen molar-refractivity contribution in [1.29, 1.82) is 0 Å². The number of nitrogens with one attached hydrogen (secondary N) is 1. The van der Waals surface area contributed by atoms with Crippen LogP contribution < -0.4 is 11.1 Å². The minimum atomic E-state index is -0.470. The Kier molecular flexibility index (Phi) is 7.00. The van der Waals surface area contributed by atoms with Crippen molar-refractivity contribution in [3.63, 3.8) is 0 Å². The highest BCUT2D eigenvalue weighted by atomic mass is 35.5. The van der Waals surface area contributed by atoms with Gasteiger partial charge < -0.3 is 15.8 Å². The van der Waals surface area contributed by atoms with Crippen LogP contribution in [0.25, 0.3) is 11.1 Å². The number of rotatable bonds is 5. The van der Waals surface area contributed by atoms with E-state index in [0.717, 1.165) is 5.56 Å². The van der Waals surface area contributed by atoms with Crippen molar-refractivity contribution in [2.24, 2.45) is 11.1 Å². The zero-order chi connectivity index (χ0) is 16.8. The summed E-state index contributed by atoms with van der Waals surface area (Å²) in [6.45, 7) is 2.11. The maximum Gasteiger partial charge on any atom is 0.227 e. The molecule has 1 heterocycles. The van der Waals surface area contributed by atoms with Gasteiger partial charge in [-0.3, -0.25) is 4.79 Å². The van der Waals surface area contributed by atoms with Gasteiger partial charge in [-0.2, -0.15) is 0 Å². The van der Waals surface area contributed by atoms with Gasteiger partial charge in [0.05, 0.1) is 5.41 Å². The van der Waals surface area contributed by atoms with Crippen molar-refractivity contribution < 1.29 is 9.53 Å². The first-order valence-electron chi connectivity index (χ1n) is 8.44. The molecule has 25 heavy (non-hydrogen) atoms. The Balaban J connectivity index is 0.00000225. The van der Waals surface area contributed by atoms with Gasteiger partial charge in [-0.05, 0) is 29.5 Å². The van der Waals surface area contributed by atoms with Crippen molar-refractivity contribution in [1.82, 2.24) is 5.32 Å². The highest BCUT2D eigenvalue weighted by Gasteiger charge is 2.38. The monoisotopic (exact) mass is 360 g/mol. The molecule has 1 fully saturated rings. The molecule has 0 bridgehead atoms. The number of nitrogens with two attached hydrogens (primary N) is 1. The maximum atomic E-state index is 12.6. The maximum absolute atomic E-state index is 12.6. The Bertz CT molecular complexity index is 668. The fraction of sp³-hybridized carbons (Fsp3) is 0.350. The number of carbonyl (C=O) groups excluding carboxylic acids is 1. The van der Waals surface area contributed by atoms with Crippen LogP contribution >= 0.6 is 12.4 Å². The van der Waals surface area contributed by atoms with Gasteiger partial charge in [0.1, 0.15) is 0 Å². The lowest BCUT2D eigenvalue weighted by atomic mass is 9.79. The third-order valence-electron chi connectivity index (χ3n) is 4.84. The van der Waals surface area contributed by atoms with E-state index in [-0.39, 0.29) is 18.3 Å². The zero-order valence-corrected chi connectivity index (χ0v) is 15.1. The van der Waals surface area contributed by atoms with Crippen LogP contribution in [0.3, 0.4) is 0 Å².